The molecule has 0 saturated heterocycles. The molecule has 0 bridgehead atoms. The number of benzene rings is 1. The molecular formula is C15H20N2O2S. The van der Waals surface area contributed by atoms with E-state index in [1.54, 1.807) is 25.7 Å². The van der Waals surface area contributed by atoms with E-state index in [-0.39, 0.29) is 5.25 Å². The zero-order valence-corrected chi connectivity index (χ0v) is 12.8. The fourth-order valence-electron chi connectivity index (χ4n) is 2.24. The van der Waals surface area contributed by atoms with E-state index in [0.717, 1.165) is 10.5 Å². The molecule has 0 spiro atoms. The van der Waals surface area contributed by atoms with Crippen molar-refractivity contribution in [3.8, 4) is 0 Å². The number of thioether (sulfide) groups is 1. The van der Waals surface area contributed by atoms with Gasteiger partial charge in [0.15, 0.2) is 0 Å². The van der Waals surface area contributed by atoms with E-state index in [4.69, 9.17) is 0 Å². The molecule has 2 unspecified atom stereocenters. The number of carboxylic acids is 1. The van der Waals surface area contributed by atoms with E-state index in [1.165, 1.54) is 5.39 Å². The van der Waals surface area contributed by atoms with E-state index >= 15 is 0 Å². The second kappa shape index (κ2) is 5.89. The van der Waals surface area contributed by atoms with Crippen LogP contribution >= 0.6 is 11.8 Å². The number of aliphatic carboxylic acids is 1. The summed E-state index contributed by atoms with van der Waals surface area (Å²) in [5.41, 5.74) is 0.218. The molecule has 0 fully saturated rings. The lowest BCUT2D eigenvalue weighted by Gasteiger charge is -2.27. The smallest absolute Gasteiger partial charge is 0.323 e. The summed E-state index contributed by atoms with van der Waals surface area (Å²) in [4.78, 5) is 14.7. The minimum absolute atomic E-state index is 0.191. The molecule has 1 heterocycles. The lowest BCUT2D eigenvalue weighted by Crippen LogP contribution is -2.49. The number of aromatic amines is 1. The van der Waals surface area contributed by atoms with Crippen LogP contribution in [0, 0.1) is 0 Å². The van der Waals surface area contributed by atoms with E-state index in [9.17, 15) is 9.90 Å². The van der Waals surface area contributed by atoms with Crippen LogP contribution in [0.15, 0.2) is 35.4 Å². The van der Waals surface area contributed by atoms with Crippen LogP contribution in [0.4, 0.5) is 0 Å². The summed E-state index contributed by atoms with van der Waals surface area (Å²) in [6, 6.07) is 10.2. The van der Waals surface area contributed by atoms with Crippen molar-refractivity contribution in [2.45, 2.75) is 36.1 Å². The van der Waals surface area contributed by atoms with Crippen molar-refractivity contribution in [1.29, 1.82) is 0 Å². The molecule has 2 rings (SSSR count). The van der Waals surface area contributed by atoms with Crippen molar-refractivity contribution in [1.82, 2.24) is 10.3 Å². The molecular weight excluding hydrogens is 272 g/mol. The van der Waals surface area contributed by atoms with Gasteiger partial charge >= 0.3 is 5.97 Å². The van der Waals surface area contributed by atoms with Crippen LogP contribution in [0.5, 0.6) is 0 Å². The maximum atomic E-state index is 11.3. The first-order chi connectivity index (χ1) is 9.44. The number of likely N-dealkylation sites (N-methyl/N-ethyl adjacent to an activating group) is 1. The third-order valence-electron chi connectivity index (χ3n) is 3.55. The van der Waals surface area contributed by atoms with Gasteiger partial charge in [-0.1, -0.05) is 25.1 Å². The van der Waals surface area contributed by atoms with E-state index in [2.05, 4.69) is 29.4 Å². The quantitative estimate of drug-likeness (QED) is 0.716. The molecule has 20 heavy (non-hydrogen) atoms. The molecule has 3 N–H and O–H groups in total. The zero-order chi connectivity index (χ0) is 14.8. The number of nitrogens with one attached hydrogen (secondary N) is 2. The monoisotopic (exact) mass is 292 g/mol. The molecule has 5 heteroatoms. The second-order valence-electron chi connectivity index (χ2n) is 5.24. The van der Waals surface area contributed by atoms with Crippen LogP contribution in [0.3, 0.4) is 0 Å². The normalized spacial score (nSPS) is 15.9. The molecule has 0 aliphatic heterocycles. The summed E-state index contributed by atoms with van der Waals surface area (Å²) in [7, 11) is 1.69. The summed E-state index contributed by atoms with van der Waals surface area (Å²) in [5, 5.41) is 14.6. The zero-order valence-electron chi connectivity index (χ0n) is 11.9. The summed E-state index contributed by atoms with van der Waals surface area (Å²) in [5.74, 6) is -0.816. The predicted molar refractivity (Wildman–Crippen MR) is 83.3 cm³/mol. The first-order valence-corrected chi connectivity index (χ1v) is 7.49. The van der Waals surface area contributed by atoms with Crippen molar-refractivity contribution in [2.24, 2.45) is 0 Å². The topological polar surface area (TPSA) is 65.1 Å². The van der Waals surface area contributed by atoms with Crippen molar-refractivity contribution < 1.29 is 9.90 Å². The second-order valence-corrected chi connectivity index (χ2v) is 6.72. The average Bonchev–Trinajstić information content (AvgIpc) is 2.79. The summed E-state index contributed by atoms with van der Waals surface area (Å²) >= 11 is 1.67. The number of para-hydroxylation sites is 1. The molecule has 0 amide bonds. The maximum Gasteiger partial charge on any atom is 0.323 e. The Hall–Kier alpha value is -1.46. The van der Waals surface area contributed by atoms with Gasteiger partial charge in [-0.2, -0.15) is 0 Å². The lowest BCUT2D eigenvalue weighted by molar-refractivity contribution is -0.144. The Morgan fingerprint density at radius 1 is 1.50 bits per heavy atom. The molecule has 1 aromatic carbocycles. The van der Waals surface area contributed by atoms with Crippen LogP contribution in [0.25, 0.3) is 10.9 Å². The Kier molecular flexibility index (Phi) is 4.40. The Labute approximate surface area is 123 Å². The van der Waals surface area contributed by atoms with Crippen LogP contribution in [-0.4, -0.2) is 33.9 Å². The first-order valence-electron chi connectivity index (χ1n) is 6.61. The number of H-pyrrole nitrogens is 1. The van der Waals surface area contributed by atoms with Gasteiger partial charge in [-0.05, 0) is 32.5 Å². The molecule has 0 aliphatic rings. The maximum absolute atomic E-state index is 11.3. The van der Waals surface area contributed by atoms with Gasteiger partial charge in [0, 0.05) is 16.2 Å². The number of hydrogen-bond acceptors (Lipinski definition) is 3. The van der Waals surface area contributed by atoms with Crippen molar-refractivity contribution in [3.63, 3.8) is 0 Å². The van der Waals surface area contributed by atoms with Crippen LogP contribution < -0.4 is 5.32 Å². The van der Waals surface area contributed by atoms with Crippen LogP contribution in [0.1, 0.15) is 20.3 Å². The van der Waals surface area contributed by atoms with E-state index < -0.39 is 11.5 Å². The number of carboxylic acid groups (broad SMARTS) is 1. The summed E-state index contributed by atoms with van der Waals surface area (Å²) in [6.07, 6.45) is 0.554. The van der Waals surface area contributed by atoms with E-state index in [0.29, 0.717) is 6.42 Å². The highest BCUT2D eigenvalue weighted by molar-refractivity contribution is 7.99. The average molecular weight is 292 g/mol. The molecule has 2 atom stereocenters. The Morgan fingerprint density at radius 2 is 2.20 bits per heavy atom. The van der Waals surface area contributed by atoms with Gasteiger partial charge in [-0.3, -0.25) is 4.79 Å². The largest absolute Gasteiger partial charge is 0.480 e. The molecule has 0 aliphatic carbocycles. The number of rotatable bonds is 6. The highest BCUT2D eigenvalue weighted by Crippen LogP contribution is 2.30. The standard InChI is InChI=1S/C15H20N2O2S/c1-10(9-15(2,16-3)14(18)19)20-13-8-11-6-4-5-7-12(11)17-13/h4-8,10,16-17H,9H2,1-3H3,(H,18,19). The third-order valence-corrected chi connectivity index (χ3v) is 4.60. The molecule has 4 nitrogen and oxygen atoms in total. The molecule has 1 aromatic heterocycles. The molecule has 2 aromatic rings. The number of fused-ring (bicyclic) bond motifs is 1. The van der Waals surface area contributed by atoms with Crippen molar-refractivity contribution in [2.75, 3.05) is 7.05 Å². The third kappa shape index (κ3) is 3.16. The van der Waals surface area contributed by atoms with Gasteiger partial charge in [-0.15, -0.1) is 11.8 Å². The number of hydrogen-bond donors (Lipinski definition) is 3. The molecule has 0 radical (unpaired) electrons. The summed E-state index contributed by atoms with van der Waals surface area (Å²) < 4.78 is 0. The predicted octanol–water partition coefficient (Wildman–Crippen LogP) is 3.10. The Morgan fingerprint density at radius 3 is 2.80 bits per heavy atom. The fourth-order valence-corrected chi connectivity index (χ4v) is 3.45. The minimum atomic E-state index is -0.890. The minimum Gasteiger partial charge on any atom is -0.480 e. The molecule has 0 saturated carbocycles. The van der Waals surface area contributed by atoms with Crippen molar-refractivity contribution >= 4 is 28.6 Å². The SMILES string of the molecule is CNC(C)(CC(C)Sc1cc2ccccc2[nH]1)C(=O)O. The summed E-state index contributed by atoms with van der Waals surface area (Å²) in [6.45, 7) is 3.77. The van der Waals surface area contributed by atoms with Gasteiger partial charge in [0.1, 0.15) is 5.54 Å². The first kappa shape index (κ1) is 14.9. The highest BCUT2D eigenvalue weighted by Gasteiger charge is 2.33. The van der Waals surface area contributed by atoms with E-state index in [1.807, 2.05) is 18.2 Å². The van der Waals surface area contributed by atoms with Gasteiger partial charge < -0.3 is 15.4 Å². The van der Waals surface area contributed by atoms with Gasteiger partial charge in [-0.25, -0.2) is 0 Å². The molecule has 108 valence electrons. The van der Waals surface area contributed by atoms with Gasteiger partial charge in [0.25, 0.3) is 0 Å². The number of aromatic nitrogens is 1. The van der Waals surface area contributed by atoms with Crippen LogP contribution in [0.2, 0.25) is 0 Å². The Bertz CT molecular complexity index is 578. The van der Waals surface area contributed by atoms with Crippen LogP contribution in [-0.2, 0) is 4.79 Å². The number of carbonyl (C=O) groups is 1. The fraction of sp³-hybridized carbons (Fsp3) is 0.400. The van der Waals surface area contributed by atoms with Gasteiger partial charge in [0.2, 0.25) is 0 Å². The Balaban J connectivity index is 2.07. The van der Waals surface area contributed by atoms with Gasteiger partial charge in [0.05, 0.1) is 5.03 Å². The highest BCUT2D eigenvalue weighted by atomic mass is 32.2. The van der Waals surface area contributed by atoms with Crippen molar-refractivity contribution in [3.05, 3.63) is 30.3 Å². The lowest BCUT2D eigenvalue weighted by atomic mass is 9.96.